The van der Waals surface area contributed by atoms with Gasteiger partial charge in [0.15, 0.2) is 0 Å². The summed E-state index contributed by atoms with van der Waals surface area (Å²) in [7, 11) is -3.75. The van der Waals surface area contributed by atoms with E-state index in [0.717, 1.165) is 11.1 Å². The molecule has 0 spiro atoms. The summed E-state index contributed by atoms with van der Waals surface area (Å²) in [4.78, 5) is 16.3. The van der Waals surface area contributed by atoms with Gasteiger partial charge in [-0.1, -0.05) is 35.6 Å². The number of hydrogen-bond donors (Lipinski definition) is 2. The van der Waals surface area contributed by atoms with Crippen LogP contribution in [0.25, 0.3) is 0 Å². The van der Waals surface area contributed by atoms with Crippen molar-refractivity contribution in [2.45, 2.75) is 25.3 Å². The highest BCUT2D eigenvalue weighted by atomic mass is 32.2. The predicted octanol–water partition coefficient (Wildman–Crippen LogP) is 3.15. The van der Waals surface area contributed by atoms with Crippen LogP contribution >= 0.6 is 11.3 Å². The smallest absolute Gasteiger partial charge is 0.278 e. The first kappa shape index (κ1) is 21.0. The van der Waals surface area contributed by atoms with Crippen LogP contribution in [0.4, 0.5) is 0 Å². The second kappa shape index (κ2) is 9.17. The molecule has 0 unspecified atom stereocenters. The Kier molecular flexibility index (Phi) is 6.63. The van der Waals surface area contributed by atoms with Gasteiger partial charge < -0.3 is 10.1 Å². The number of nitrogens with one attached hydrogen (secondary N) is 2. The van der Waals surface area contributed by atoms with Crippen LogP contribution in [0, 0.1) is 13.8 Å². The van der Waals surface area contributed by atoms with Crippen LogP contribution in [0.1, 0.15) is 16.7 Å². The molecule has 0 saturated carbocycles. The standard InChI is InChI=1S/C20H21N3O4S2/c1-14-3-4-15(2)18(11-14)29(25,26)23-13-19(24)22-12-16-5-7-17(8-6-16)27-20-21-9-10-28-20/h3-11,23H,12-13H2,1-2H3,(H,22,24). The van der Waals surface area contributed by atoms with E-state index in [4.69, 9.17) is 4.74 Å². The lowest BCUT2D eigenvalue weighted by atomic mass is 10.2. The minimum atomic E-state index is -3.75. The van der Waals surface area contributed by atoms with Crippen LogP contribution in [-0.4, -0.2) is 25.9 Å². The maximum Gasteiger partial charge on any atom is 0.278 e. The number of rotatable bonds is 8. The molecule has 0 bridgehead atoms. The molecule has 1 aromatic heterocycles. The highest BCUT2D eigenvalue weighted by Crippen LogP contribution is 2.23. The number of benzene rings is 2. The molecule has 1 heterocycles. The lowest BCUT2D eigenvalue weighted by Crippen LogP contribution is -2.36. The number of nitrogens with zero attached hydrogens (tertiary/aromatic N) is 1. The second-order valence-corrected chi connectivity index (χ2v) is 9.01. The monoisotopic (exact) mass is 431 g/mol. The molecule has 152 valence electrons. The quantitative estimate of drug-likeness (QED) is 0.571. The molecule has 0 saturated heterocycles. The van der Waals surface area contributed by atoms with Crippen LogP contribution in [0.2, 0.25) is 0 Å². The molecule has 0 atom stereocenters. The van der Waals surface area contributed by atoms with E-state index < -0.39 is 15.9 Å². The summed E-state index contributed by atoms with van der Waals surface area (Å²) < 4.78 is 32.8. The van der Waals surface area contributed by atoms with E-state index in [1.165, 1.54) is 11.3 Å². The van der Waals surface area contributed by atoms with Crippen molar-refractivity contribution in [3.63, 3.8) is 0 Å². The molecule has 1 amide bonds. The number of ether oxygens (including phenoxy) is 1. The topological polar surface area (TPSA) is 97.4 Å². The number of carbonyl (C=O) groups is 1. The molecule has 2 aromatic carbocycles. The first-order chi connectivity index (χ1) is 13.8. The van der Waals surface area contributed by atoms with Crippen molar-refractivity contribution >= 4 is 27.3 Å². The zero-order valence-corrected chi connectivity index (χ0v) is 17.6. The maximum atomic E-state index is 12.4. The van der Waals surface area contributed by atoms with Gasteiger partial charge in [0.1, 0.15) is 5.75 Å². The minimum absolute atomic E-state index is 0.182. The molecule has 7 nitrogen and oxygen atoms in total. The Labute approximate surface area is 173 Å². The second-order valence-electron chi connectivity index (χ2n) is 6.41. The molecule has 2 N–H and O–H groups in total. The van der Waals surface area contributed by atoms with Gasteiger partial charge in [-0.25, -0.2) is 18.1 Å². The largest absolute Gasteiger partial charge is 0.431 e. The van der Waals surface area contributed by atoms with Crippen molar-refractivity contribution in [1.29, 1.82) is 0 Å². The third kappa shape index (κ3) is 5.86. The third-order valence-corrected chi connectivity index (χ3v) is 6.28. The van der Waals surface area contributed by atoms with Gasteiger partial charge in [-0.3, -0.25) is 4.79 Å². The van der Waals surface area contributed by atoms with E-state index in [-0.39, 0.29) is 18.0 Å². The number of aromatic nitrogens is 1. The number of amides is 1. The summed E-state index contributed by atoms with van der Waals surface area (Å²) in [6, 6.07) is 12.4. The number of hydrogen-bond acceptors (Lipinski definition) is 6. The van der Waals surface area contributed by atoms with Gasteiger partial charge in [0.05, 0.1) is 11.4 Å². The van der Waals surface area contributed by atoms with Crippen molar-refractivity contribution in [2.24, 2.45) is 0 Å². The van der Waals surface area contributed by atoms with E-state index in [9.17, 15) is 13.2 Å². The molecular weight excluding hydrogens is 410 g/mol. The molecule has 29 heavy (non-hydrogen) atoms. The van der Waals surface area contributed by atoms with E-state index in [0.29, 0.717) is 16.5 Å². The Balaban J connectivity index is 1.50. The van der Waals surface area contributed by atoms with Gasteiger partial charge in [-0.2, -0.15) is 0 Å². The molecule has 3 aromatic rings. The van der Waals surface area contributed by atoms with Crippen molar-refractivity contribution < 1.29 is 17.9 Å². The summed E-state index contributed by atoms with van der Waals surface area (Å²) in [5, 5.41) is 5.08. The molecule has 0 radical (unpaired) electrons. The Morgan fingerprint density at radius 2 is 1.90 bits per heavy atom. The van der Waals surface area contributed by atoms with Gasteiger partial charge in [0.25, 0.3) is 5.19 Å². The average molecular weight is 432 g/mol. The minimum Gasteiger partial charge on any atom is -0.431 e. The van der Waals surface area contributed by atoms with Crippen molar-refractivity contribution in [3.05, 3.63) is 70.7 Å². The van der Waals surface area contributed by atoms with Crippen molar-refractivity contribution in [2.75, 3.05) is 6.54 Å². The normalized spacial score (nSPS) is 11.2. The van der Waals surface area contributed by atoms with Crippen molar-refractivity contribution in [3.8, 4) is 10.9 Å². The van der Waals surface area contributed by atoms with E-state index >= 15 is 0 Å². The first-order valence-electron chi connectivity index (χ1n) is 8.83. The predicted molar refractivity (Wildman–Crippen MR) is 112 cm³/mol. The van der Waals surface area contributed by atoms with Crippen LogP contribution in [-0.2, 0) is 21.4 Å². The lowest BCUT2D eigenvalue weighted by Gasteiger charge is -2.11. The van der Waals surface area contributed by atoms with Gasteiger partial charge in [0.2, 0.25) is 15.9 Å². The molecule has 0 aliphatic heterocycles. The van der Waals surface area contributed by atoms with Gasteiger partial charge >= 0.3 is 0 Å². The summed E-state index contributed by atoms with van der Waals surface area (Å²) >= 11 is 1.40. The van der Waals surface area contributed by atoms with E-state index in [1.54, 1.807) is 37.4 Å². The van der Waals surface area contributed by atoms with Crippen LogP contribution in [0.15, 0.2) is 58.9 Å². The Morgan fingerprint density at radius 1 is 1.14 bits per heavy atom. The molecule has 9 heteroatoms. The molecule has 0 fully saturated rings. The summed E-state index contributed by atoms with van der Waals surface area (Å²) in [6.45, 7) is 3.48. The zero-order chi connectivity index (χ0) is 20.9. The Hall–Kier alpha value is -2.75. The third-order valence-electron chi connectivity index (χ3n) is 4.08. The Morgan fingerprint density at radius 3 is 2.59 bits per heavy atom. The highest BCUT2D eigenvalue weighted by molar-refractivity contribution is 7.89. The maximum absolute atomic E-state index is 12.4. The fourth-order valence-corrected chi connectivity index (χ4v) is 4.35. The summed E-state index contributed by atoms with van der Waals surface area (Å²) in [5.74, 6) is 0.235. The fourth-order valence-electron chi connectivity index (χ4n) is 2.54. The van der Waals surface area contributed by atoms with Crippen LogP contribution < -0.4 is 14.8 Å². The molecular formula is C20H21N3O4S2. The summed E-state index contributed by atoms with van der Waals surface area (Å²) in [5.41, 5.74) is 2.33. The number of aryl methyl sites for hydroxylation is 2. The highest BCUT2D eigenvalue weighted by Gasteiger charge is 2.18. The van der Waals surface area contributed by atoms with Gasteiger partial charge in [-0.15, -0.1) is 0 Å². The molecule has 0 aliphatic rings. The molecule has 0 aliphatic carbocycles. The Bertz CT molecular complexity index is 1080. The number of sulfonamides is 1. The van der Waals surface area contributed by atoms with Crippen LogP contribution in [0.5, 0.6) is 10.9 Å². The fraction of sp³-hybridized carbons (Fsp3) is 0.200. The lowest BCUT2D eigenvalue weighted by molar-refractivity contribution is -0.120. The zero-order valence-electron chi connectivity index (χ0n) is 16.0. The van der Waals surface area contributed by atoms with Crippen molar-refractivity contribution in [1.82, 2.24) is 15.0 Å². The first-order valence-corrected chi connectivity index (χ1v) is 11.2. The average Bonchev–Trinajstić information content (AvgIpc) is 3.21. The van der Waals surface area contributed by atoms with Gasteiger partial charge in [0, 0.05) is 18.1 Å². The van der Waals surface area contributed by atoms with Crippen LogP contribution in [0.3, 0.4) is 0 Å². The number of thiazole rings is 1. The molecule has 3 rings (SSSR count). The van der Waals surface area contributed by atoms with E-state index in [1.807, 2.05) is 30.5 Å². The SMILES string of the molecule is Cc1ccc(C)c(S(=O)(=O)NCC(=O)NCc2ccc(Oc3nccs3)cc2)c1. The van der Waals surface area contributed by atoms with Gasteiger partial charge in [-0.05, 0) is 48.7 Å². The van der Waals surface area contributed by atoms with E-state index in [2.05, 4.69) is 15.0 Å². The summed E-state index contributed by atoms with van der Waals surface area (Å²) in [6.07, 6.45) is 1.67. The number of carbonyl (C=O) groups excluding carboxylic acids is 1.